The lowest BCUT2D eigenvalue weighted by Crippen LogP contribution is -2.77. The quantitative estimate of drug-likeness (QED) is 0.0707. The van der Waals surface area contributed by atoms with Gasteiger partial charge in [0.25, 0.3) is 23.6 Å². The highest BCUT2D eigenvalue weighted by Crippen LogP contribution is 2.13. The van der Waals surface area contributed by atoms with Gasteiger partial charge >= 0.3 is 17.8 Å². The highest BCUT2D eigenvalue weighted by molar-refractivity contribution is 7.71. The highest BCUT2D eigenvalue weighted by atomic mass is 32.1. The Bertz CT molecular complexity index is 1900. The molecule has 7 rings (SSSR count). The fourth-order valence-electron chi connectivity index (χ4n) is 5.35. The molecule has 4 bridgehead atoms. The lowest BCUT2D eigenvalue weighted by Gasteiger charge is -2.18. The number of imide groups is 1. The van der Waals surface area contributed by atoms with E-state index in [1.165, 1.54) is 24.3 Å². The minimum atomic E-state index is -0.814. The molecule has 2 aromatic heterocycles. The van der Waals surface area contributed by atoms with E-state index in [0.29, 0.717) is 14.5 Å². The van der Waals surface area contributed by atoms with Crippen molar-refractivity contribution in [3.63, 3.8) is 0 Å². The van der Waals surface area contributed by atoms with Gasteiger partial charge in [0, 0.05) is 51.9 Å². The summed E-state index contributed by atoms with van der Waals surface area (Å²) in [6.07, 6.45) is -0.193. The topological polar surface area (TPSA) is 282 Å². The minimum Gasteiger partial charge on any atom is -0.460 e. The molecule has 0 aromatic carbocycles. The van der Waals surface area contributed by atoms with Crippen molar-refractivity contribution in [1.29, 1.82) is 0 Å². The SMILES string of the molecule is O=C(CCCC(=O)ON1C(=O)CCC1=O)NCCN1CC[NH+]=C(O)c2ccc(n(O)c2=S)C(=O)NCCOCCNC(=O)c2ccc(c(=S)n2O)C(O)=[NH+]CC1. The molecule has 302 valence electrons. The van der Waals surface area contributed by atoms with E-state index in [0.717, 1.165) is 0 Å². The molecule has 0 spiro atoms. The Kier molecular flexibility index (Phi) is 15.9. The Morgan fingerprint density at radius 1 is 0.804 bits per heavy atom. The molecule has 9 N–H and O–H groups in total. The summed E-state index contributed by atoms with van der Waals surface area (Å²) in [5, 5.41) is 51.0. The van der Waals surface area contributed by atoms with Gasteiger partial charge in [0.2, 0.25) is 5.91 Å². The number of aliphatic hydroxyl groups excluding tert-OH is 2. The first-order chi connectivity index (χ1) is 26.8. The lowest BCUT2D eigenvalue weighted by atomic mass is 10.2. The summed E-state index contributed by atoms with van der Waals surface area (Å²) in [5.41, 5.74) is -0.304. The third-order valence-electron chi connectivity index (χ3n) is 8.33. The van der Waals surface area contributed by atoms with Gasteiger partial charge in [0.15, 0.2) is 22.4 Å². The fourth-order valence-corrected chi connectivity index (χ4v) is 5.87. The molecular weight excluding hydrogens is 779 g/mol. The molecule has 5 amide bonds. The first kappa shape index (κ1) is 43.0. The average Bonchev–Trinajstić information content (AvgIpc) is 3.47. The van der Waals surface area contributed by atoms with Crippen molar-refractivity contribution in [2.24, 2.45) is 0 Å². The predicted octanol–water partition coefficient (Wildman–Crippen LogP) is -3.62. The molecule has 0 aliphatic carbocycles. The van der Waals surface area contributed by atoms with Crippen LogP contribution < -0.4 is 25.9 Å². The molecule has 5 aliphatic heterocycles. The summed E-state index contributed by atoms with van der Waals surface area (Å²) in [5.74, 6) is -4.47. The molecule has 0 radical (unpaired) electrons. The molecule has 7 heterocycles. The van der Waals surface area contributed by atoms with Crippen LogP contribution in [0.1, 0.15) is 64.2 Å². The number of ether oxygens (including phenoxy) is 1. The van der Waals surface area contributed by atoms with Crippen molar-refractivity contribution in [2.75, 3.05) is 65.6 Å². The van der Waals surface area contributed by atoms with Gasteiger partial charge in [-0.15, -0.1) is 5.06 Å². The number of hydrogen-bond acceptors (Lipinski definition) is 13. The Morgan fingerprint density at radius 3 is 1.80 bits per heavy atom. The average molecular weight is 822 g/mol. The number of hydroxylamine groups is 2. The summed E-state index contributed by atoms with van der Waals surface area (Å²) < 4.78 is 5.87. The molecule has 56 heavy (non-hydrogen) atoms. The van der Waals surface area contributed by atoms with Crippen molar-refractivity contribution >= 4 is 71.7 Å². The molecule has 5 aliphatic rings. The van der Waals surface area contributed by atoms with Gasteiger partial charge in [0.1, 0.15) is 22.5 Å². The summed E-state index contributed by atoms with van der Waals surface area (Å²) in [6.45, 7) is 1.46. The van der Waals surface area contributed by atoms with Crippen LogP contribution in [0.5, 0.6) is 0 Å². The van der Waals surface area contributed by atoms with Crippen molar-refractivity contribution in [1.82, 2.24) is 35.4 Å². The van der Waals surface area contributed by atoms with Gasteiger partial charge in [-0.1, -0.05) is 24.4 Å². The summed E-state index contributed by atoms with van der Waals surface area (Å²) in [7, 11) is 0. The van der Waals surface area contributed by atoms with Crippen LogP contribution >= 0.6 is 24.4 Å². The van der Waals surface area contributed by atoms with Crippen molar-refractivity contribution in [3.8, 4) is 0 Å². The van der Waals surface area contributed by atoms with Crippen LogP contribution in [0, 0.1) is 9.28 Å². The van der Waals surface area contributed by atoms with E-state index in [1.807, 2.05) is 4.90 Å². The molecule has 23 heteroatoms. The minimum absolute atomic E-state index is 0.0317. The zero-order valence-corrected chi connectivity index (χ0v) is 31.7. The number of carbonyl (C=O) groups excluding carboxylic acids is 6. The third-order valence-corrected chi connectivity index (χ3v) is 9.12. The first-order valence-electron chi connectivity index (χ1n) is 17.5. The van der Waals surface area contributed by atoms with E-state index in [2.05, 4.69) is 25.9 Å². The van der Waals surface area contributed by atoms with E-state index < -0.39 is 29.6 Å². The Labute approximate surface area is 329 Å². The van der Waals surface area contributed by atoms with Crippen LogP contribution in [0.15, 0.2) is 24.3 Å². The number of rotatable bonds is 8. The monoisotopic (exact) mass is 821 g/mol. The molecular formula is C33H43N9O12S2+2. The number of amides is 5. The van der Waals surface area contributed by atoms with Gasteiger partial charge < -0.3 is 46.2 Å². The number of aliphatic hydroxyl groups is 2. The summed E-state index contributed by atoms with van der Waals surface area (Å²) in [6, 6.07) is 5.28. The number of hydrogen-bond donors (Lipinski definition) is 9. The third kappa shape index (κ3) is 11.9. The summed E-state index contributed by atoms with van der Waals surface area (Å²) >= 11 is 10.5. The Balaban J connectivity index is 1.44. The molecule has 1 fully saturated rings. The first-order valence-corrected chi connectivity index (χ1v) is 18.3. The molecule has 0 atom stereocenters. The maximum Gasteiger partial charge on any atom is 0.368 e. The zero-order valence-electron chi connectivity index (χ0n) is 30.1. The maximum atomic E-state index is 12.7. The van der Waals surface area contributed by atoms with Gasteiger partial charge in [-0.2, -0.15) is 9.46 Å². The maximum absolute atomic E-state index is 12.7. The second kappa shape index (κ2) is 20.8. The number of nitrogens with zero attached hydrogens (tertiary/aromatic N) is 4. The van der Waals surface area contributed by atoms with Crippen LogP contribution in [0.2, 0.25) is 0 Å². The van der Waals surface area contributed by atoms with E-state index in [1.54, 1.807) is 0 Å². The van der Waals surface area contributed by atoms with Crippen LogP contribution in [-0.2, 0) is 28.8 Å². The van der Waals surface area contributed by atoms with Crippen LogP contribution in [0.4, 0.5) is 0 Å². The van der Waals surface area contributed by atoms with Crippen molar-refractivity contribution in [2.45, 2.75) is 32.1 Å². The van der Waals surface area contributed by atoms with Gasteiger partial charge in [0.05, 0.1) is 26.3 Å². The fraction of sp³-hybridized carbons (Fsp3) is 0.455. The van der Waals surface area contributed by atoms with Crippen molar-refractivity contribution in [3.05, 3.63) is 56.1 Å². The lowest BCUT2D eigenvalue weighted by molar-refractivity contribution is -0.472. The second-order valence-corrected chi connectivity index (χ2v) is 13.0. The normalized spacial score (nSPS) is 16.9. The number of nitrogens with one attached hydrogen (secondary N) is 5. The van der Waals surface area contributed by atoms with Crippen LogP contribution in [-0.4, -0.2) is 153 Å². The summed E-state index contributed by atoms with van der Waals surface area (Å²) in [4.78, 5) is 85.4. The van der Waals surface area contributed by atoms with Gasteiger partial charge in [-0.05, 0) is 30.7 Å². The van der Waals surface area contributed by atoms with E-state index in [9.17, 15) is 49.4 Å². The predicted molar refractivity (Wildman–Crippen MR) is 196 cm³/mol. The van der Waals surface area contributed by atoms with E-state index in [-0.39, 0.29) is 147 Å². The van der Waals surface area contributed by atoms with Crippen molar-refractivity contribution < 1.29 is 69.0 Å². The number of aromatic nitrogens is 2. The smallest absolute Gasteiger partial charge is 0.368 e. The molecule has 0 unspecified atom stereocenters. The van der Waals surface area contributed by atoms with Crippen LogP contribution in [0.25, 0.3) is 0 Å². The van der Waals surface area contributed by atoms with Gasteiger partial charge in [-0.25, -0.2) is 14.8 Å². The second-order valence-electron chi connectivity index (χ2n) is 12.3. The largest absolute Gasteiger partial charge is 0.460 e. The van der Waals surface area contributed by atoms with Crippen LogP contribution in [0.3, 0.4) is 0 Å². The number of carbonyl (C=O) groups is 6. The standard InChI is InChI=1S/C33H41N9O12S2/c43-24(2-1-3-27(46)54-42-25(44)8-9-26(42)45)34-10-15-39-16-11-35-28(47)20-4-6-22(40(51)32(20)55)30(49)37-13-18-53-19-14-38-31(50)23-7-5-21(33(56)41(23)52)29(48)36-12-17-39/h4-7,51-52H,1-3,8-19H2,(H,34,43)(H,35,47)(H,36,48)(H,37,49)(H,38,50)/p+2. The highest BCUT2D eigenvalue weighted by Gasteiger charge is 2.32. The molecule has 2 aromatic rings. The zero-order chi connectivity index (χ0) is 40.8. The number of pyridine rings is 2. The Hall–Kier alpha value is -5.78. The van der Waals surface area contributed by atoms with E-state index in [4.69, 9.17) is 34.0 Å². The molecule has 0 saturated carbocycles. The molecule has 1 saturated heterocycles. The van der Waals surface area contributed by atoms with Gasteiger partial charge in [-0.3, -0.25) is 28.9 Å². The molecule has 21 nitrogen and oxygen atoms in total. The Morgan fingerprint density at radius 2 is 1.30 bits per heavy atom. The van der Waals surface area contributed by atoms with E-state index >= 15 is 0 Å².